The van der Waals surface area contributed by atoms with Crippen molar-refractivity contribution in [1.29, 1.82) is 0 Å². The van der Waals surface area contributed by atoms with Crippen molar-refractivity contribution in [2.24, 2.45) is 0 Å². The lowest BCUT2D eigenvalue weighted by molar-refractivity contribution is -0.118. The molecule has 0 aliphatic carbocycles. The summed E-state index contributed by atoms with van der Waals surface area (Å²) in [5.41, 5.74) is 3.50. The van der Waals surface area contributed by atoms with Crippen LogP contribution in [0.4, 0.5) is 0 Å². The van der Waals surface area contributed by atoms with Crippen LogP contribution in [0.15, 0.2) is 66.1 Å². The summed E-state index contributed by atoms with van der Waals surface area (Å²) < 4.78 is 7.15. The molecule has 6 heteroatoms. The van der Waals surface area contributed by atoms with E-state index >= 15 is 0 Å². The molecule has 0 bridgehead atoms. The van der Waals surface area contributed by atoms with E-state index in [0.29, 0.717) is 12.3 Å². The molecule has 0 atom stereocenters. The van der Waals surface area contributed by atoms with Gasteiger partial charge >= 0.3 is 0 Å². The Morgan fingerprint density at radius 1 is 1.19 bits per heavy atom. The molecule has 0 aliphatic rings. The molecule has 3 rings (SSSR count). The van der Waals surface area contributed by atoms with E-state index in [-0.39, 0.29) is 5.91 Å². The average molecular weight is 382 g/mol. The maximum atomic E-state index is 12.2. The van der Waals surface area contributed by atoms with Crippen molar-refractivity contribution >= 4 is 17.7 Å². The number of hydrogen-bond acceptors (Lipinski definition) is 4. The molecule has 0 aliphatic heterocycles. The van der Waals surface area contributed by atoms with E-state index in [2.05, 4.69) is 29.4 Å². The van der Waals surface area contributed by atoms with Crippen LogP contribution in [0.25, 0.3) is 5.69 Å². The highest BCUT2D eigenvalue weighted by Crippen LogP contribution is 2.22. The minimum atomic E-state index is 0.0119. The van der Waals surface area contributed by atoms with Gasteiger partial charge in [0.1, 0.15) is 5.75 Å². The van der Waals surface area contributed by atoms with Gasteiger partial charge in [0.15, 0.2) is 5.16 Å². The Kier molecular flexibility index (Phi) is 6.54. The third-order valence-corrected chi connectivity index (χ3v) is 5.23. The van der Waals surface area contributed by atoms with Crippen molar-refractivity contribution in [2.75, 3.05) is 19.4 Å². The minimum Gasteiger partial charge on any atom is -0.497 e. The molecular formula is C21H23N3O2S. The first kappa shape index (κ1) is 19.0. The van der Waals surface area contributed by atoms with Crippen molar-refractivity contribution < 1.29 is 9.53 Å². The highest BCUT2D eigenvalue weighted by atomic mass is 32.2. The van der Waals surface area contributed by atoms with Crippen LogP contribution in [0.5, 0.6) is 5.75 Å². The summed E-state index contributed by atoms with van der Waals surface area (Å²) in [5, 5.41) is 3.77. The van der Waals surface area contributed by atoms with Crippen molar-refractivity contribution in [3.05, 3.63) is 72.1 Å². The van der Waals surface area contributed by atoms with Gasteiger partial charge in [0.2, 0.25) is 5.91 Å². The van der Waals surface area contributed by atoms with Gasteiger partial charge in [0.25, 0.3) is 0 Å². The highest BCUT2D eigenvalue weighted by Gasteiger charge is 2.09. The molecule has 3 aromatic rings. The first-order valence-corrected chi connectivity index (χ1v) is 9.77. The molecule has 0 saturated heterocycles. The molecule has 1 amide bonds. The van der Waals surface area contributed by atoms with Crippen LogP contribution in [0, 0.1) is 6.92 Å². The first-order valence-electron chi connectivity index (χ1n) is 8.79. The number of aryl methyl sites for hydroxylation is 1. The second-order valence-corrected chi connectivity index (χ2v) is 7.04. The summed E-state index contributed by atoms with van der Waals surface area (Å²) in [4.78, 5) is 16.5. The van der Waals surface area contributed by atoms with E-state index in [4.69, 9.17) is 4.74 Å². The fourth-order valence-electron chi connectivity index (χ4n) is 2.74. The number of rotatable bonds is 8. The second kappa shape index (κ2) is 9.28. The van der Waals surface area contributed by atoms with Crippen LogP contribution in [0.1, 0.15) is 11.1 Å². The number of imidazole rings is 1. The number of amides is 1. The van der Waals surface area contributed by atoms with Gasteiger partial charge in [0, 0.05) is 24.6 Å². The molecule has 1 N–H and O–H groups in total. The summed E-state index contributed by atoms with van der Waals surface area (Å²) in [6, 6.07) is 16.0. The highest BCUT2D eigenvalue weighted by molar-refractivity contribution is 7.99. The van der Waals surface area contributed by atoms with Gasteiger partial charge in [-0.05, 0) is 48.7 Å². The van der Waals surface area contributed by atoms with Crippen LogP contribution in [-0.2, 0) is 11.2 Å². The van der Waals surface area contributed by atoms with E-state index in [1.165, 1.54) is 22.9 Å². The van der Waals surface area contributed by atoms with Gasteiger partial charge < -0.3 is 10.1 Å². The molecule has 140 valence electrons. The summed E-state index contributed by atoms with van der Waals surface area (Å²) in [6.07, 6.45) is 4.46. The molecule has 2 aromatic carbocycles. The van der Waals surface area contributed by atoms with E-state index in [0.717, 1.165) is 23.0 Å². The monoisotopic (exact) mass is 381 g/mol. The standard InChI is InChI=1S/C21H23N3O2S/c1-16-5-3-4-6-17(16)11-12-22-20(25)15-27-21-23-13-14-24(21)18-7-9-19(26-2)10-8-18/h3-10,13-14H,11-12,15H2,1-2H3,(H,22,25). The average Bonchev–Trinajstić information content (AvgIpc) is 3.16. The number of aromatic nitrogens is 2. The number of methoxy groups -OCH3 is 1. The zero-order valence-electron chi connectivity index (χ0n) is 15.5. The number of thioether (sulfide) groups is 1. The zero-order chi connectivity index (χ0) is 19.1. The zero-order valence-corrected chi connectivity index (χ0v) is 16.3. The smallest absolute Gasteiger partial charge is 0.230 e. The summed E-state index contributed by atoms with van der Waals surface area (Å²) >= 11 is 1.42. The predicted molar refractivity (Wildman–Crippen MR) is 109 cm³/mol. The van der Waals surface area contributed by atoms with Crippen molar-refractivity contribution in [3.8, 4) is 11.4 Å². The SMILES string of the molecule is COc1ccc(-n2ccnc2SCC(=O)NCCc2ccccc2C)cc1. The summed E-state index contributed by atoms with van der Waals surface area (Å²) in [6.45, 7) is 2.73. The molecule has 0 spiro atoms. The van der Waals surface area contributed by atoms with Crippen molar-refractivity contribution in [3.63, 3.8) is 0 Å². The largest absolute Gasteiger partial charge is 0.497 e. The van der Waals surface area contributed by atoms with Crippen LogP contribution < -0.4 is 10.1 Å². The van der Waals surface area contributed by atoms with Gasteiger partial charge in [-0.25, -0.2) is 4.98 Å². The van der Waals surface area contributed by atoms with Gasteiger partial charge in [-0.3, -0.25) is 9.36 Å². The maximum absolute atomic E-state index is 12.2. The Morgan fingerprint density at radius 3 is 2.70 bits per heavy atom. The predicted octanol–water partition coefficient (Wildman–Crippen LogP) is 3.64. The number of hydrogen-bond donors (Lipinski definition) is 1. The topological polar surface area (TPSA) is 56.2 Å². The Hall–Kier alpha value is -2.73. The lowest BCUT2D eigenvalue weighted by atomic mass is 10.1. The molecular weight excluding hydrogens is 358 g/mol. The number of nitrogens with one attached hydrogen (secondary N) is 1. The molecule has 0 fully saturated rings. The third-order valence-electron chi connectivity index (χ3n) is 4.27. The fraction of sp³-hybridized carbons (Fsp3) is 0.238. The molecule has 1 aromatic heterocycles. The normalized spacial score (nSPS) is 10.6. The Morgan fingerprint density at radius 2 is 1.96 bits per heavy atom. The second-order valence-electron chi connectivity index (χ2n) is 6.09. The number of carbonyl (C=O) groups is 1. The maximum Gasteiger partial charge on any atom is 0.230 e. The first-order chi connectivity index (χ1) is 13.2. The number of carbonyl (C=O) groups excluding carboxylic acids is 1. The fourth-order valence-corrected chi connectivity index (χ4v) is 3.55. The molecule has 27 heavy (non-hydrogen) atoms. The van der Waals surface area contributed by atoms with Crippen LogP contribution in [-0.4, -0.2) is 34.9 Å². The Balaban J connectivity index is 1.50. The third kappa shape index (κ3) is 5.14. The lowest BCUT2D eigenvalue weighted by Gasteiger charge is -2.09. The summed E-state index contributed by atoms with van der Waals surface area (Å²) in [5.74, 6) is 1.15. The van der Waals surface area contributed by atoms with Gasteiger partial charge in [0.05, 0.1) is 12.9 Å². The molecule has 1 heterocycles. The van der Waals surface area contributed by atoms with Gasteiger partial charge in [-0.1, -0.05) is 36.0 Å². The Labute approximate surface area is 163 Å². The van der Waals surface area contributed by atoms with E-state index in [1.807, 2.05) is 47.2 Å². The minimum absolute atomic E-state index is 0.0119. The number of ether oxygens (including phenoxy) is 1. The van der Waals surface area contributed by atoms with Crippen LogP contribution >= 0.6 is 11.8 Å². The summed E-state index contributed by atoms with van der Waals surface area (Å²) in [7, 11) is 1.64. The lowest BCUT2D eigenvalue weighted by Crippen LogP contribution is -2.27. The van der Waals surface area contributed by atoms with E-state index in [1.54, 1.807) is 13.3 Å². The van der Waals surface area contributed by atoms with Gasteiger partial charge in [-0.15, -0.1) is 0 Å². The molecule has 0 radical (unpaired) electrons. The number of benzene rings is 2. The number of nitrogens with zero attached hydrogens (tertiary/aromatic N) is 2. The van der Waals surface area contributed by atoms with Crippen molar-refractivity contribution in [1.82, 2.24) is 14.9 Å². The molecule has 5 nitrogen and oxygen atoms in total. The van der Waals surface area contributed by atoms with E-state index < -0.39 is 0 Å². The van der Waals surface area contributed by atoms with Crippen LogP contribution in [0.2, 0.25) is 0 Å². The molecule has 0 saturated carbocycles. The van der Waals surface area contributed by atoms with Crippen molar-refractivity contribution in [2.45, 2.75) is 18.5 Å². The molecule has 0 unspecified atom stereocenters. The quantitative estimate of drug-likeness (QED) is 0.605. The van der Waals surface area contributed by atoms with Crippen LogP contribution in [0.3, 0.4) is 0 Å². The van der Waals surface area contributed by atoms with Gasteiger partial charge in [-0.2, -0.15) is 0 Å². The Bertz CT molecular complexity index is 890. The van der Waals surface area contributed by atoms with E-state index in [9.17, 15) is 4.79 Å².